The van der Waals surface area contributed by atoms with Crippen molar-refractivity contribution in [2.24, 2.45) is 56.2 Å². The minimum Gasteiger partial charge on any atom is -0.480 e. The topological polar surface area (TPSA) is 585 Å². The molecule has 0 saturated carbocycles. The van der Waals surface area contributed by atoms with Crippen molar-refractivity contribution in [3.63, 3.8) is 0 Å². The summed E-state index contributed by atoms with van der Waals surface area (Å²) in [6, 6.07) is -3.30. The zero-order chi connectivity index (χ0) is 76.7. The first kappa shape index (κ1) is 99.7. The lowest BCUT2D eigenvalue weighted by molar-refractivity contribution is -0.388. The highest BCUT2D eigenvalue weighted by Crippen LogP contribution is 2.36. The quantitative estimate of drug-likeness (QED) is 0.00650. The van der Waals surface area contributed by atoms with Crippen LogP contribution in [0.3, 0.4) is 0 Å². The number of nitrogens with two attached hydrogens (primary N) is 6. The van der Waals surface area contributed by atoms with Gasteiger partial charge in [-0.25, -0.2) is 14.6 Å². The second-order valence-corrected chi connectivity index (χ2v) is 28.8. The van der Waals surface area contributed by atoms with Gasteiger partial charge in [-0.2, -0.15) is 12.6 Å². The van der Waals surface area contributed by atoms with Crippen LogP contribution in [0.2, 0.25) is 0 Å². The predicted molar refractivity (Wildman–Crippen MR) is 405 cm³/mol. The van der Waals surface area contributed by atoms with E-state index in [-0.39, 0.29) is 136 Å². The van der Waals surface area contributed by atoms with Gasteiger partial charge in [0.1, 0.15) is 24.2 Å². The van der Waals surface area contributed by atoms with Gasteiger partial charge in [-0.3, -0.25) is 72.8 Å². The molecule has 2 aliphatic rings. The predicted octanol–water partition coefficient (Wildman–Crippen LogP) is 3.35. The van der Waals surface area contributed by atoms with Gasteiger partial charge in [0.05, 0.1) is 17.0 Å². The largest absolute Gasteiger partial charge is 0.480 e. The number of guanidine groups is 2. The number of nitrogens with zero attached hydrogens (tertiary/aromatic N) is 6. The number of carboxylic acid groups (broad SMARTS) is 2. The lowest BCUT2D eigenvalue weighted by Crippen LogP contribution is -2.46. The highest BCUT2D eigenvalue weighted by atomic mass is 33.1. The van der Waals surface area contributed by atoms with Crippen molar-refractivity contribution in [2.45, 2.75) is 226 Å². The van der Waals surface area contributed by atoms with Crippen LogP contribution in [0.5, 0.6) is 0 Å². The average molecular weight is 1550 g/mol. The summed E-state index contributed by atoms with van der Waals surface area (Å²) in [4.78, 5) is 180. The Morgan fingerprint density at radius 3 is 1.35 bits per heavy atom. The summed E-state index contributed by atoms with van der Waals surface area (Å²) < 4.78 is 0. The molecule has 3 rings (SSSR count). The van der Waals surface area contributed by atoms with E-state index in [4.69, 9.17) is 39.5 Å². The summed E-state index contributed by atoms with van der Waals surface area (Å²) in [6.45, 7) is 13.2. The van der Waals surface area contributed by atoms with Gasteiger partial charge in [0, 0.05) is 118 Å². The van der Waals surface area contributed by atoms with E-state index >= 15 is 0 Å². The highest BCUT2D eigenvalue weighted by molar-refractivity contribution is 8.77. The molecular formula is C64H112N16O18S5. The smallest absolute Gasteiger partial charge is 0.326 e. The molecule has 586 valence electrons. The van der Waals surface area contributed by atoms with Gasteiger partial charge < -0.3 is 81.2 Å². The molecular weight excluding hydrogens is 1440 g/mol. The number of Topliss-reactive ketones (excluding diaryl/α,β-unsaturated/α-hetero) is 3. The van der Waals surface area contributed by atoms with Crippen LogP contribution in [0.15, 0.2) is 27.3 Å². The number of rotatable bonds is 46. The van der Waals surface area contributed by atoms with Gasteiger partial charge in [-0.1, -0.05) is 93.2 Å². The van der Waals surface area contributed by atoms with Crippen molar-refractivity contribution in [2.75, 3.05) is 49.2 Å². The second-order valence-electron chi connectivity index (χ2n) is 23.5. The molecule has 2 saturated heterocycles. The molecule has 39 heteroatoms. The summed E-state index contributed by atoms with van der Waals surface area (Å²) in [5.41, 5.74) is 31.8. The number of hydrogen-bond donors (Lipinski definition) is 13. The van der Waals surface area contributed by atoms with E-state index in [9.17, 15) is 77.5 Å². The molecule has 0 aromatic carbocycles. The number of primary amides is 2. The van der Waals surface area contributed by atoms with Crippen LogP contribution in [-0.4, -0.2) is 209 Å². The molecule has 0 spiro atoms. The average Bonchev–Trinajstić information content (AvgIpc) is 1.82. The summed E-state index contributed by atoms with van der Waals surface area (Å²) in [5, 5.41) is 40.1. The SMILES string of the molecule is C.CC.CC(=O)N[C@@H](CCCN=C(N)N)C(=O)CCCCCCC(=O)N[C@@H](CSSC[C@@H](C)C(=O)N1CCC[C@H]1C(=O)O)C(N)=O.CC(=O)N[C@@H](CCCN=C(N)N)C(=O)CCCCCCC(=O)N[C@@H](CSSc1ncc(C(C)=O)cc1[N+](=O)[O-])C(N)=O.C[C@H](CS)C(=O)N1CCC[C@H]1C(=O)O.O. The summed E-state index contributed by atoms with van der Waals surface area (Å²) in [7, 11) is 4.68. The Morgan fingerprint density at radius 1 is 0.602 bits per heavy atom. The highest BCUT2D eigenvalue weighted by Gasteiger charge is 2.37. The second kappa shape index (κ2) is 56.9. The standard InChI is InChI=1S/C27H47N7O7S2.C25H38N8O7S2.C9H15NO3S.C2H6.CH4.H2O/c1-17(25(39)34-14-8-10-21(34)26(40)41)15-42-43-16-20(24(28)38)33-23(37)12-6-4-3-5-11-22(36)19(32-18(2)35)9-7-13-31-27(29)30;1-15(34)17-12-20(33(39)40)24(30-13-17)42-41-14-19(23(26)38)32-22(37)10-6-4-3-5-9-21(36)18(31-16(2)35)8-7-11-29-25(27)28;1-6(5-14)8(11)10-4-2-3-7(10)9(12)13;1-2;;/h17,19-21H,3-16H2,1-2H3,(H2,28,38)(H,32,35)(H,33,37)(H,40,41)(H4,29,30,31);12-13,18-19H,3-11,14H2,1-2H3,(H2,26,38)(H,31,35)(H,32,37)(H4,27,28,29);6-7,14H,2-5H2,1H3,(H,12,13);1-2H3;1H4;1H2/t17-,19+,20+,21+;18-,19-;6-,7+;;;/m101.../s1. The van der Waals surface area contributed by atoms with E-state index in [0.29, 0.717) is 134 Å². The third kappa shape index (κ3) is 43.4. The number of pyridine rings is 1. The van der Waals surface area contributed by atoms with Crippen LogP contribution in [0, 0.1) is 22.0 Å². The van der Waals surface area contributed by atoms with E-state index in [1.165, 1.54) is 58.4 Å². The number of nitrogens with one attached hydrogen (secondary N) is 4. The first-order valence-corrected chi connectivity index (χ1v) is 38.9. The molecule has 1 aromatic rings. The maximum Gasteiger partial charge on any atom is 0.326 e. The third-order valence-electron chi connectivity index (χ3n) is 15.1. The zero-order valence-electron chi connectivity index (χ0n) is 59.3. The number of carbonyl (C=O) groups excluding carboxylic acids is 11. The van der Waals surface area contributed by atoms with E-state index < -0.39 is 64.9 Å². The van der Waals surface area contributed by atoms with E-state index in [2.05, 4.69) is 48.9 Å². The van der Waals surface area contributed by atoms with Crippen LogP contribution in [-0.2, 0) is 57.5 Å². The van der Waals surface area contributed by atoms with Crippen LogP contribution < -0.4 is 55.7 Å². The molecule has 3 heterocycles. The van der Waals surface area contributed by atoms with Gasteiger partial charge in [-0.15, -0.1) is 0 Å². The molecule has 0 aliphatic carbocycles. The van der Waals surface area contributed by atoms with Crippen molar-refractivity contribution in [3.8, 4) is 0 Å². The molecule has 0 radical (unpaired) electrons. The molecule has 34 nitrogen and oxygen atoms in total. The normalized spacial score (nSPS) is 15.1. The number of hydrogen-bond acceptors (Lipinski definition) is 23. The fourth-order valence-electron chi connectivity index (χ4n) is 9.82. The number of nitro groups is 1. The van der Waals surface area contributed by atoms with E-state index in [1.807, 2.05) is 13.8 Å². The molecule has 20 N–H and O–H groups in total. The van der Waals surface area contributed by atoms with Crippen LogP contribution >= 0.6 is 55.8 Å². The molecule has 2 aliphatic heterocycles. The van der Waals surface area contributed by atoms with Gasteiger partial charge in [0.25, 0.3) is 0 Å². The Kier molecular flexibility index (Phi) is 55.1. The number of amides is 8. The van der Waals surface area contributed by atoms with Crippen molar-refractivity contribution < 1.29 is 82.9 Å². The number of unbranched alkanes of at least 4 members (excludes halogenated alkanes) is 6. The van der Waals surface area contributed by atoms with E-state index in [0.717, 1.165) is 40.5 Å². The van der Waals surface area contributed by atoms with Crippen LogP contribution in [0.1, 0.15) is 195 Å². The monoisotopic (exact) mass is 1550 g/mol. The van der Waals surface area contributed by atoms with Crippen LogP contribution in [0.4, 0.5) is 5.69 Å². The van der Waals surface area contributed by atoms with Crippen molar-refractivity contribution >= 4 is 150 Å². The summed E-state index contributed by atoms with van der Waals surface area (Å²) in [5.74, 6) is -4.81. The fourth-order valence-corrected chi connectivity index (χ4v) is 14.7. The third-order valence-corrected chi connectivity index (χ3v) is 20.6. The van der Waals surface area contributed by atoms with Crippen LogP contribution in [0.25, 0.3) is 0 Å². The lowest BCUT2D eigenvalue weighted by Gasteiger charge is -2.24. The Bertz CT molecular complexity index is 2950. The molecule has 103 heavy (non-hydrogen) atoms. The molecule has 0 bridgehead atoms. The number of likely N-dealkylation sites (tertiary alicyclic amines) is 2. The number of aliphatic carboxylic acids is 2. The first-order chi connectivity index (χ1) is 47.7. The van der Waals surface area contributed by atoms with Crippen molar-refractivity contribution in [3.05, 3.63) is 27.9 Å². The summed E-state index contributed by atoms with van der Waals surface area (Å²) in [6.07, 6.45) is 11.7. The lowest BCUT2D eigenvalue weighted by atomic mass is 10.0. The van der Waals surface area contributed by atoms with Gasteiger partial charge >= 0.3 is 17.6 Å². The Balaban J connectivity index is -0.00000157. The Labute approximate surface area is 624 Å². The Morgan fingerprint density at radius 2 is 0.990 bits per heavy atom. The summed E-state index contributed by atoms with van der Waals surface area (Å²) >= 11 is 4.03. The maximum absolute atomic E-state index is 12.6. The minimum atomic E-state index is -0.999. The number of aromatic nitrogens is 1. The van der Waals surface area contributed by atoms with Gasteiger partial charge in [0.15, 0.2) is 34.3 Å². The van der Waals surface area contributed by atoms with Gasteiger partial charge in [-0.05, 0) is 94.8 Å². The van der Waals surface area contributed by atoms with Crippen molar-refractivity contribution in [1.82, 2.24) is 36.1 Å². The number of thiol groups is 1. The van der Waals surface area contributed by atoms with Crippen molar-refractivity contribution in [1.29, 1.82) is 0 Å². The number of aliphatic imine (C=N–C) groups is 2. The fraction of sp³-hybridized carbons (Fsp3) is 0.688. The molecule has 1 aromatic heterocycles. The first-order valence-electron chi connectivity index (χ1n) is 33.5. The molecule has 8 amide bonds. The molecule has 2 fully saturated rings. The number of ketones is 3. The minimum absolute atomic E-state index is 0. The van der Waals surface area contributed by atoms with Gasteiger partial charge in [0.2, 0.25) is 47.3 Å². The zero-order valence-corrected chi connectivity index (χ0v) is 63.5. The molecule has 8 atom stereocenters. The Hall–Kier alpha value is -7.49. The maximum atomic E-state index is 12.6. The number of carboxylic acids is 2. The van der Waals surface area contributed by atoms with E-state index in [1.54, 1.807) is 13.8 Å². The number of carbonyl (C=O) groups is 13. The molecule has 0 unspecified atom stereocenters.